The topological polar surface area (TPSA) is 55.8 Å². The summed E-state index contributed by atoms with van der Waals surface area (Å²) in [6.07, 6.45) is -19.6. The lowest BCUT2D eigenvalue weighted by Gasteiger charge is -2.58. The Morgan fingerprint density at radius 2 is 1.42 bits per heavy atom. The molecule has 1 saturated heterocycles. The van der Waals surface area contributed by atoms with E-state index >= 15 is 0 Å². The molecule has 33 heavy (non-hydrogen) atoms. The Labute approximate surface area is 182 Å². The van der Waals surface area contributed by atoms with Crippen molar-refractivity contribution in [3.05, 3.63) is 0 Å². The summed E-state index contributed by atoms with van der Waals surface area (Å²) in [5.41, 5.74) is -7.14. The third-order valence-corrected chi connectivity index (χ3v) is 6.57. The Morgan fingerprint density at radius 1 is 0.939 bits per heavy atom. The summed E-state index contributed by atoms with van der Waals surface area (Å²) in [7, 11) is 0. The quantitative estimate of drug-likeness (QED) is 0.389. The second kappa shape index (κ2) is 8.13. The molecule has 2 aliphatic rings. The van der Waals surface area contributed by atoms with Crippen LogP contribution in [0.1, 0.15) is 59.3 Å². The molecule has 194 valence electrons. The van der Waals surface area contributed by atoms with Gasteiger partial charge >= 0.3 is 36.0 Å². The summed E-state index contributed by atoms with van der Waals surface area (Å²) in [5, 5.41) is 9.69. The highest BCUT2D eigenvalue weighted by Gasteiger charge is 2.93. The van der Waals surface area contributed by atoms with Gasteiger partial charge in [-0.15, -0.1) is 0 Å². The number of hydrogen-bond donors (Lipinski definition) is 1. The molecule has 1 N–H and O–H groups in total. The first-order valence-electron chi connectivity index (χ1n) is 10.2. The number of aliphatic hydroxyl groups is 1. The zero-order valence-corrected chi connectivity index (χ0v) is 17.8. The average Bonchev–Trinajstić information content (AvgIpc) is 2.67. The van der Waals surface area contributed by atoms with Crippen molar-refractivity contribution in [2.45, 2.75) is 101 Å². The molecular formula is C19H24F10O4. The van der Waals surface area contributed by atoms with E-state index in [1.165, 1.54) is 6.92 Å². The second-order valence-corrected chi connectivity index (χ2v) is 9.06. The van der Waals surface area contributed by atoms with Gasteiger partial charge in [-0.25, -0.2) is 0 Å². The number of esters is 1. The van der Waals surface area contributed by atoms with E-state index in [0.717, 1.165) is 13.8 Å². The van der Waals surface area contributed by atoms with E-state index < -0.39 is 71.8 Å². The maximum atomic E-state index is 15.0. The van der Waals surface area contributed by atoms with Crippen molar-refractivity contribution in [1.29, 1.82) is 0 Å². The number of ether oxygens (including phenoxy) is 2. The first-order valence-corrected chi connectivity index (χ1v) is 10.2. The highest BCUT2D eigenvalue weighted by atomic mass is 19.4. The number of rotatable bonds is 4. The summed E-state index contributed by atoms with van der Waals surface area (Å²) in [6.45, 7) is 3.14. The zero-order chi connectivity index (χ0) is 25.9. The second-order valence-electron chi connectivity index (χ2n) is 9.06. The van der Waals surface area contributed by atoms with Crippen LogP contribution in [0.15, 0.2) is 0 Å². The lowest BCUT2D eigenvalue weighted by Crippen LogP contribution is -2.85. The highest BCUT2D eigenvalue weighted by molar-refractivity contribution is 5.76. The minimum absolute atomic E-state index is 0.129. The van der Waals surface area contributed by atoms with Gasteiger partial charge in [0.2, 0.25) is 5.60 Å². The SMILES string of the molecule is CCC(C)(C)C(=O)OC1(C(F)(F)F)OC(C2CCCCC2)(C(F)(F)F)C(F)(F)C(O)C1(F)F. The number of alkyl halides is 10. The Kier molecular flexibility index (Phi) is 6.88. The van der Waals surface area contributed by atoms with Crippen molar-refractivity contribution in [2.24, 2.45) is 11.3 Å². The largest absolute Gasteiger partial charge is 0.462 e. The van der Waals surface area contributed by atoms with Gasteiger partial charge < -0.3 is 14.6 Å². The molecule has 4 nitrogen and oxygen atoms in total. The van der Waals surface area contributed by atoms with Crippen molar-refractivity contribution < 1.29 is 63.3 Å². The molecule has 0 amide bonds. The Bertz CT molecular complexity index is 742. The summed E-state index contributed by atoms with van der Waals surface area (Å²) >= 11 is 0. The van der Waals surface area contributed by atoms with E-state index in [-0.39, 0.29) is 25.7 Å². The van der Waals surface area contributed by atoms with Crippen LogP contribution in [-0.2, 0) is 14.3 Å². The van der Waals surface area contributed by atoms with Crippen LogP contribution in [0.3, 0.4) is 0 Å². The minimum Gasteiger partial charge on any atom is -0.417 e. The molecule has 3 atom stereocenters. The molecule has 0 bridgehead atoms. The fourth-order valence-electron chi connectivity index (χ4n) is 4.12. The molecule has 3 unspecified atom stereocenters. The molecule has 0 spiro atoms. The van der Waals surface area contributed by atoms with Crippen molar-refractivity contribution in [3.63, 3.8) is 0 Å². The predicted molar refractivity (Wildman–Crippen MR) is 91.3 cm³/mol. The lowest BCUT2D eigenvalue weighted by atomic mass is 9.68. The predicted octanol–water partition coefficient (Wildman–Crippen LogP) is 5.77. The Morgan fingerprint density at radius 3 is 1.82 bits per heavy atom. The fourth-order valence-corrected chi connectivity index (χ4v) is 4.12. The zero-order valence-electron chi connectivity index (χ0n) is 17.8. The van der Waals surface area contributed by atoms with Crippen LogP contribution in [0.4, 0.5) is 43.9 Å². The van der Waals surface area contributed by atoms with Crippen LogP contribution >= 0.6 is 0 Å². The molecule has 2 fully saturated rings. The third-order valence-electron chi connectivity index (χ3n) is 6.57. The number of carbonyl (C=O) groups excluding carboxylic acids is 1. The highest BCUT2D eigenvalue weighted by Crippen LogP contribution is 2.65. The van der Waals surface area contributed by atoms with Crippen LogP contribution in [0, 0.1) is 11.3 Å². The Balaban J connectivity index is 2.88. The van der Waals surface area contributed by atoms with Gasteiger partial charge in [-0.1, -0.05) is 26.2 Å². The summed E-state index contributed by atoms with van der Waals surface area (Å²) in [6, 6.07) is 0. The lowest BCUT2D eigenvalue weighted by molar-refractivity contribution is -0.546. The standard InChI is InChI=1S/C19H24F10O4/c1-4-13(2,3)12(31)32-17(19(27,28)29)16(22,23)11(30)15(20,21)14(33-17,18(24,25)26)10-8-6-5-7-9-10/h10-11,30H,4-9H2,1-3H3. The van der Waals surface area contributed by atoms with Gasteiger partial charge in [0.15, 0.2) is 6.10 Å². The fraction of sp³-hybridized carbons (Fsp3) is 0.947. The minimum atomic E-state index is -6.64. The van der Waals surface area contributed by atoms with Crippen LogP contribution in [-0.4, -0.2) is 52.8 Å². The molecular weight excluding hydrogens is 482 g/mol. The van der Waals surface area contributed by atoms with Gasteiger partial charge in [0.1, 0.15) is 0 Å². The van der Waals surface area contributed by atoms with E-state index in [2.05, 4.69) is 9.47 Å². The first-order chi connectivity index (χ1) is 14.7. The van der Waals surface area contributed by atoms with Gasteiger partial charge in [-0.05, 0) is 33.1 Å². The van der Waals surface area contributed by atoms with E-state index in [0.29, 0.717) is 0 Å². The summed E-state index contributed by atoms with van der Waals surface area (Å²) < 4.78 is 152. The van der Waals surface area contributed by atoms with E-state index in [1.54, 1.807) is 0 Å². The third kappa shape index (κ3) is 3.88. The van der Waals surface area contributed by atoms with E-state index in [1.807, 2.05) is 0 Å². The van der Waals surface area contributed by atoms with Gasteiger partial charge in [-0.2, -0.15) is 43.9 Å². The van der Waals surface area contributed by atoms with Crippen LogP contribution in [0.2, 0.25) is 0 Å². The first kappa shape index (κ1) is 27.9. The van der Waals surface area contributed by atoms with Gasteiger partial charge in [-0.3, -0.25) is 4.79 Å². The van der Waals surface area contributed by atoms with Crippen molar-refractivity contribution in [3.8, 4) is 0 Å². The normalized spacial score (nSPS) is 33.6. The number of hydrogen-bond acceptors (Lipinski definition) is 4. The van der Waals surface area contributed by atoms with Crippen LogP contribution in [0.5, 0.6) is 0 Å². The average molecular weight is 506 g/mol. The maximum Gasteiger partial charge on any atom is 0.462 e. The molecule has 0 aromatic rings. The van der Waals surface area contributed by atoms with Crippen molar-refractivity contribution in [2.75, 3.05) is 0 Å². The van der Waals surface area contributed by atoms with E-state index in [4.69, 9.17) is 0 Å². The molecule has 0 radical (unpaired) electrons. The molecule has 14 heteroatoms. The molecule has 1 saturated carbocycles. The van der Waals surface area contributed by atoms with E-state index in [9.17, 15) is 53.8 Å². The smallest absolute Gasteiger partial charge is 0.417 e. The Hall–Kier alpha value is -1.31. The van der Waals surface area contributed by atoms with Gasteiger partial charge in [0.05, 0.1) is 5.41 Å². The number of aliphatic hydroxyl groups excluding tert-OH is 1. The monoisotopic (exact) mass is 506 g/mol. The summed E-state index contributed by atoms with van der Waals surface area (Å²) in [5.74, 6) is -22.4. The molecule has 0 aromatic carbocycles. The van der Waals surface area contributed by atoms with Crippen molar-refractivity contribution in [1.82, 2.24) is 0 Å². The van der Waals surface area contributed by atoms with Gasteiger partial charge in [0.25, 0.3) is 0 Å². The summed E-state index contributed by atoms with van der Waals surface area (Å²) in [4.78, 5) is 12.3. The molecule has 0 aromatic heterocycles. The molecule has 1 aliphatic heterocycles. The van der Waals surface area contributed by atoms with Gasteiger partial charge in [0, 0.05) is 5.92 Å². The molecule has 1 aliphatic carbocycles. The number of carbonyl (C=O) groups is 1. The molecule has 1 heterocycles. The van der Waals surface area contributed by atoms with Crippen LogP contribution in [0.25, 0.3) is 0 Å². The van der Waals surface area contributed by atoms with Crippen LogP contribution < -0.4 is 0 Å². The molecule has 2 rings (SSSR count). The van der Waals surface area contributed by atoms with Crippen molar-refractivity contribution >= 4 is 5.97 Å². The number of halogens is 10. The maximum absolute atomic E-state index is 15.0.